The average molecular weight is 540 g/mol. The molecule has 3 atom stereocenters. The molecular weight excluding hydrogens is 519 g/mol. The summed E-state index contributed by atoms with van der Waals surface area (Å²) in [4.78, 5) is 29.6. The largest absolute Gasteiger partial charge is 0.573 e. The molecule has 3 aromatic rings. The zero-order valence-corrected chi connectivity index (χ0v) is 20.5. The predicted molar refractivity (Wildman–Crippen MR) is 136 cm³/mol. The Kier molecular flexibility index (Phi) is 6.31. The highest BCUT2D eigenvalue weighted by atomic mass is 35.5. The Balaban J connectivity index is 1.80. The van der Waals surface area contributed by atoms with Gasteiger partial charge in [0.25, 0.3) is 0 Å². The zero-order valence-electron chi connectivity index (χ0n) is 19.8. The molecule has 1 saturated heterocycles. The highest BCUT2D eigenvalue weighted by Gasteiger charge is 2.66. The third kappa shape index (κ3) is 4.05. The van der Waals surface area contributed by atoms with Crippen LogP contribution in [0.3, 0.4) is 0 Å². The smallest absolute Gasteiger partial charge is 0.508 e. The SMILES string of the molecule is C=CC1=CCC2C(=O)N(c3cccc(Cl)c3)C(=O)C2(c2ccccc2)C1c1cc(OC(F)(F)F)ccc1O. The molecule has 1 heterocycles. The molecule has 194 valence electrons. The number of benzene rings is 3. The lowest BCUT2D eigenvalue weighted by molar-refractivity contribution is -0.274. The van der Waals surface area contributed by atoms with E-state index in [0.717, 1.165) is 23.1 Å². The van der Waals surface area contributed by atoms with Crippen LogP contribution < -0.4 is 9.64 Å². The molecule has 3 aromatic carbocycles. The van der Waals surface area contributed by atoms with Crippen LogP contribution in [-0.2, 0) is 15.0 Å². The number of carbonyl (C=O) groups is 2. The molecule has 1 aliphatic carbocycles. The fourth-order valence-corrected chi connectivity index (χ4v) is 5.87. The molecule has 0 spiro atoms. The molecule has 5 rings (SSSR count). The van der Waals surface area contributed by atoms with Crippen molar-refractivity contribution in [2.24, 2.45) is 5.92 Å². The van der Waals surface area contributed by atoms with Gasteiger partial charge in [0.05, 0.1) is 17.0 Å². The maximum atomic E-state index is 14.6. The van der Waals surface area contributed by atoms with Crippen LogP contribution in [0.4, 0.5) is 18.9 Å². The summed E-state index contributed by atoms with van der Waals surface area (Å²) in [6.07, 6.45) is -1.58. The predicted octanol–water partition coefficient (Wildman–Crippen LogP) is 6.67. The van der Waals surface area contributed by atoms with E-state index in [1.807, 2.05) is 0 Å². The third-order valence-corrected chi connectivity index (χ3v) is 7.34. The van der Waals surface area contributed by atoms with Gasteiger partial charge in [0.2, 0.25) is 11.8 Å². The first-order valence-corrected chi connectivity index (χ1v) is 12.1. The number of anilines is 1. The highest BCUT2D eigenvalue weighted by molar-refractivity contribution is 6.32. The molecule has 3 unspecified atom stereocenters. The van der Waals surface area contributed by atoms with Gasteiger partial charge in [-0.25, -0.2) is 4.90 Å². The molecular formula is C29H21ClF3NO4. The fraction of sp³-hybridized carbons (Fsp3) is 0.172. The van der Waals surface area contributed by atoms with E-state index in [1.165, 1.54) is 12.1 Å². The number of amides is 2. The minimum absolute atomic E-state index is 0.000507. The van der Waals surface area contributed by atoms with Gasteiger partial charge in [0.15, 0.2) is 0 Å². The first kappa shape index (κ1) is 25.6. The van der Waals surface area contributed by atoms with E-state index < -0.39 is 41.2 Å². The van der Waals surface area contributed by atoms with Crippen molar-refractivity contribution in [1.82, 2.24) is 0 Å². The number of nitrogens with zero attached hydrogens (tertiary/aromatic N) is 1. The number of alkyl halides is 3. The molecule has 1 N–H and O–H groups in total. The second-order valence-electron chi connectivity index (χ2n) is 9.09. The van der Waals surface area contributed by atoms with Crippen LogP contribution >= 0.6 is 11.6 Å². The summed E-state index contributed by atoms with van der Waals surface area (Å²) < 4.78 is 43.3. The van der Waals surface area contributed by atoms with Crippen LogP contribution in [0, 0.1) is 5.92 Å². The third-order valence-electron chi connectivity index (χ3n) is 7.10. The summed E-state index contributed by atoms with van der Waals surface area (Å²) in [5.41, 5.74) is -0.367. The summed E-state index contributed by atoms with van der Waals surface area (Å²) in [6, 6.07) is 18.0. The van der Waals surface area contributed by atoms with Gasteiger partial charge >= 0.3 is 6.36 Å². The van der Waals surface area contributed by atoms with Crippen LogP contribution in [0.5, 0.6) is 11.5 Å². The maximum absolute atomic E-state index is 14.6. The van der Waals surface area contributed by atoms with Crippen LogP contribution in [0.2, 0.25) is 5.02 Å². The van der Waals surface area contributed by atoms with Gasteiger partial charge in [-0.05, 0) is 54.0 Å². The Hall–Kier alpha value is -4.04. The van der Waals surface area contributed by atoms with Gasteiger partial charge in [-0.1, -0.05) is 66.7 Å². The average Bonchev–Trinajstić information content (AvgIpc) is 3.11. The monoisotopic (exact) mass is 539 g/mol. The normalized spacial score (nSPS) is 23.2. The van der Waals surface area contributed by atoms with E-state index in [4.69, 9.17) is 11.6 Å². The maximum Gasteiger partial charge on any atom is 0.573 e. The second kappa shape index (κ2) is 9.36. The Morgan fingerprint density at radius 1 is 1.05 bits per heavy atom. The Morgan fingerprint density at radius 2 is 1.79 bits per heavy atom. The number of allylic oxidation sites excluding steroid dienone is 3. The van der Waals surface area contributed by atoms with Gasteiger partial charge in [0, 0.05) is 16.5 Å². The van der Waals surface area contributed by atoms with Gasteiger partial charge in [-0.15, -0.1) is 13.2 Å². The lowest BCUT2D eigenvalue weighted by Gasteiger charge is -2.43. The number of halogens is 4. The van der Waals surface area contributed by atoms with Gasteiger partial charge in [-0.2, -0.15) is 0 Å². The number of carbonyl (C=O) groups excluding carboxylic acids is 2. The number of ether oxygens (including phenoxy) is 1. The molecule has 0 saturated carbocycles. The number of phenolic OH excluding ortho intramolecular Hbond substituents is 1. The molecule has 0 aromatic heterocycles. The van der Waals surface area contributed by atoms with E-state index in [-0.39, 0.29) is 23.4 Å². The van der Waals surface area contributed by atoms with Crippen LogP contribution in [0.15, 0.2) is 97.1 Å². The lowest BCUT2D eigenvalue weighted by atomic mass is 9.56. The number of imide groups is 1. The molecule has 0 radical (unpaired) electrons. The fourth-order valence-electron chi connectivity index (χ4n) is 5.68. The summed E-state index contributed by atoms with van der Waals surface area (Å²) in [7, 11) is 0. The topological polar surface area (TPSA) is 66.8 Å². The van der Waals surface area contributed by atoms with Gasteiger partial charge in [0.1, 0.15) is 11.5 Å². The van der Waals surface area contributed by atoms with E-state index >= 15 is 0 Å². The molecule has 38 heavy (non-hydrogen) atoms. The number of aromatic hydroxyl groups is 1. The minimum Gasteiger partial charge on any atom is -0.508 e. The van der Waals surface area contributed by atoms with Crippen LogP contribution in [0.25, 0.3) is 0 Å². The Labute approximate surface area is 221 Å². The first-order chi connectivity index (χ1) is 18.1. The number of hydrogen-bond donors (Lipinski definition) is 1. The molecule has 9 heteroatoms. The number of phenols is 1. The van der Waals surface area contributed by atoms with E-state index in [0.29, 0.717) is 16.2 Å². The molecule has 2 aliphatic rings. The number of hydrogen-bond acceptors (Lipinski definition) is 4. The van der Waals surface area contributed by atoms with Crippen molar-refractivity contribution in [3.05, 3.63) is 113 Å². The van der Waals surface area contributed by atoms with Crippen molar-refractivity contribution in [3.8, 4) is 11.5 Å². The molecule has 1 fully saturated rings. The lowest BCUT2D eigenvalue weighted by Crippen LogP contribution is -2.48. The summed E-state index contributed by atoms with van der Waals surface area (Å²) in [6.45, 7) is 3.85. The molecule has 2 amide bonds. The van der Waals surface area contributed by atoms with Crippen molar-refractivity contribution in [3.63, 3.8) is 0 Å². The first-order valence-electron chi connectivity index (χ1n) is 11.7. The Morgan fingerprint density at radius 3 is 2.45 bits per heavy atom. The quantitative estimate of drug-likeness (QED) is 0.368. The van der Waals surface area contributed by atoms with Crippen molar-refractivity contribution in [1.29, 1.82) is 0 Å². The summed E-state index contributed by atoms with van der Waals surface area (Å²) in [5, 5.41) is 11.2. The number of fused-ring (bicyclic) bond motifs is 1. The molecule has 5 nitrogen and oxygen atoms in total. The van der Waals surface area contributed by atoms with Crippen LogP contribution in [-0.4, -0.2) is 23.3 Å². The molecule has 0 bridgehead atoms. The van der Waals surface area contributed by atoms with E-state index in [2.05, 4.69) is 11.3 Å². The molecule has 1 aliphatic heterocycles. The van der Waals surface area contributed by atoms with Crippen LogP contribution in [0.1, 0.15) is 23.5 Å². The van der Waals surface area contributed by atoms with E-state index in [1.54, 1.807) is 54.6 Å². The van der Waals surface area contributed by atoms with Crippen molar-refractivity contribution in [2.75, 3.05) is 4.90 Å². The van der Waals surface area contributed by atoms with Gasteiger partial charge in [-0.3, -0.25) is 9.59 Å². The highest BCUT2D eigenvalue weighted by Crippen LogP contribution is 2.59. The summed E-state index contributed by atoms with van der Waals surface area (Å²) >= 11 is 6.17. The van der Waals surface area contributed by atoms with Crippen molar-refractivity contribution >= 4 is 29.1 Å². The summed E-state index contributed by atoms with van der Waals surface area (Å²) in [5.74, 6) is -3.96. The standard InChI is InChI=1S/C29H21ClF3NO4/c1-2-17-11-13-23-26(36)34(20-10-6-9-19(30)15-20)27(37)28(23,18-7-4-3-5-8-18)25(17)22-16-21(12-14-24(22)35)38-29(31,32)33/h2-12,14-16,23,25,35H,1,13H2. The van der Waals surface area contributed by atoms with Gasteiger partial charge < -0.3 is 9.84 Å². The zero-order chi connectivity index (χ0) is 27.2. The Bertz CT molecular complexity index is 1470. The number of rotatable bonds is 5. The second-order valence-corrected chi connectivity index (χ2v) is 9.53. The van der Waals surface area contributed by atoms with Crippen molar-refractivity contribution < 1.29 is 32.6 Å². The minimum atomic E-state index is -4.97. The van der Waals surface area contributed by atoms with Crippen molar-refractivity contribution in [2.45, 2.75) is 24.1 Å². The van der Waals surface area contributed by atoms with E-state index in [9.17, 15) is 27.9 Å².